The van der Waals surface area contributed by atoms with Crippen LogP contribution in [0.5, 0.6) is 0 Å². The molecular formula is C22H37B2NO4. The van der Waals surface area contributed by atoms with Crippen molar-refractivity contribution in [2.45, 2.75) is 105 Å². The van der Waals surface area contributed by atoms with Crippen molar-refractivity contribution in [2.24, 2.45) is 0 Å². The highest BCUT2D eigenvalue weighted by atomic mass is 16.7. The van der Waals surface area contributed by atoms with E-state index in [0.29, 0.717) is 6.54 Å². The lowest BCUT2D eigenvalue weighted by Gasteiger charge is -2.32. The second-order valence-corrected chi connectivity index (χ2v) is 10.7. The summed E-state index contributed by atoms with van der Waals surface area (Å²) in [7, 11) is -1.12. The minimum Gasteiger partial charge on any atom is -0.390 e. The van der Waals surface area contributed by atoms with E-state index >= 15 is 0 Å². The molecule has 0 bridgehead atoms. The van der Waals surface area contributed by atoms with Gasteiger partial charge in [-0.1, -0.05) is 17.7 Å². The van der Waals surface area contributed by atoms with Crippen LogP contribution < -0.4 is 0 Å². The molecule has 0 atom stereocenters. The van der Waals surface area contributed by atoms with E-state index in [4.69, 9.17) is 18.6 Å². The van der Waals surface area contributed by atoms with Crippen LogP contribution in [0, 0.1) is 20.8 Å². The first-order chi connectivity index (χ1) is 13.1. The zero-order valence-corrected chi connectivity index (χ0v) is 20.1. The average Bonchev–Trinajstić information content (AvgIpc) is 2.85. The van der Waals surface area contributed by atoms with Gasteiger partial charge in [-0.05, 0) is 92.9 Å². The fourth-order valence-corrected chi connectivity index (χ4v) is 3.79. The van der Waals surface area contributed by atoms with Gasteiger partial charge >= 0.3 is 14.5 Å². The third kappa shape index (κ3) is 4.05. The smallest absolute Gasteiger partial charge is 0.390 e. The normalized spacial score (nSPS) is 24.6. The maximum Gasteiger partial charge on any atom is 0.551 e. The zero-order chi connectivity index (χ0) is 22.0. The van der Waals surface area contributed by atoms with E-state index in [2.05, 4.69) is 93.0 Å². The van der Waals surface area contributed by atoms with Crippen molar-refractivity contribution in [3.63, 3.8) is 0 Å². The van der Waals surface area contributed by atoms with Gasteiger partial charge in [0.05, 0.1) is 22.4 Å². The van der Waals surface area contributed by atoms with Gasteiger partial charge in [0.2, 0.25) is 0 Å². The van der Waals surface area contributed by atoms with Gasteiger partial charge in [-0.25, -0.2) is 0 Å². The van der Waals surface area contributed by atoms with Crippen LogP contribution in [-0.2, 0) is 25.2 Å². The van der Waals surface area contributed by atoms with E-state index in [1.54, 1.807) is 0 Å². The van der Waals surface area contributed by atoms with Crippen molar-refractivity contribution in [1.82, 2.24) is 4.72 Å². The monoisotopic (exact) mass is 401 g/mol. The van der Waals surface area contributed by atoms with Gasteiger partial charge in [-0.3, -0.25) is 4.72 Å². The van der Waals surface area contributed by atoms with Gasteiger partial charge in [-0.2, -0.15) is 0 Å². The van der Waals surface area contributed by atoms with Crippen molar-refractivity contribution in [3.05, 3.63) is 34.4 Å². The third-order valence-corrected chi connectivity index (χ3v) is 7.20. The Morgan fingerprint density at radius 1 is 0.655 bits per heavy atom. The molecule has 0 aliphatic carbocycles. The zero-order valence-electron chi connectivity index (χ0n) is 20.1. The first-order valence-corrected chi connectivity index (χ1v) is 10.6. The summed E-state index contributed by atoms with van der Waals surface area (Å²) in [6, 6.07) is 4.43. The Balaban J connectivity index is 1.98. The highest BCUT2D eigenvalue weighted by Gasteiger charge is 2.61. The van der Waals surface area contributed by atoms with Gasteiger partial charge in [0.1, 0.15) is 0 Å². The van der Waals surface area contributed by atoms with Gasteiger partial charge in [0, 0.05) is 6.54 Å². The standard InChI is InChI=1S/C22H37B2NO4/c1-15-12-16(2)18(17(3)13-15)14-25(23-26-19(4,5)20(6,7)27-23)24-28-21(8,9)22(10,11)29-24/h12-13H,14H2,1-11H3. The average molecular weight is 401 g/mol. The fraction of sp³-hybridized carbons (Fsp3) is 0.727. The molecule has 2 heterocycles. The lowest BCUT2D eigenvalue weighted by Crippen LogP contribution is -2.52. The molecule has 0 aromatic heterocycles. The highest BCUT2D eigenvalue weighted by Crippen LogP contribution is 2.42. The number of rotatable bonds is 4. The van der Waals surface area contributed by atoms with E-state index in [0.717, 1.165) is 0 Å². The molecule has 5 nitrogen and oxygen atoms in total. The summed E-state index contributed by atoms with van der Waals surface area (Å²) in [6.07, 6.45) is 0. The lowest BCUT2D eigenvalue weighted by molar-refractivity contribution is 0.00578. The molecule has 0 N–H and O–H groups in total. The summed E-state index contributed by atoms with van der Waals surface area (Å²) in [5.41, 5.74) is 3.28. The van der Waals surface area contributed by atoms with Crippen LogP contribution in [0.15, 0.2) is 12.1 Å². The van der Waals surface area contributed by atoms with Crippen molar-refractivity contribution >= 4 is 14.5 Å². The predicted octanol–water partition coefficient (Wildman–Crippen LogP) is 4.59. The largest absolute Gasteiger partial charge is 0.551 e. The SMILES string of the molecule is Cc1cc(C)c(CN(B2OC(C)(C)C(C)(C)O2)B2OC(C)(C)C(C)(C)O2)c(C)c1. The molecular weight excluding hydrogens is 364 g/mol. The number of hydrogen-bond donors (Lipinski definition) is 0. The summed E-state index contributed by atoms with van der Waals surface area (Å²) >= 11 is 0. The Morgan fingerprint density at radius 2 is 0.966 bits per heavy atom. The Kier molecular flexibility index (Phi) is 5.59. The minimum absolute atomic E-state index is 0.434. The van der Waals surface area contributed by atoms with Gasteiger partial charge in [0.15, 0.2) is 0 Å². The van der Waals surface area contributed by atoms with Crippen LogP contribution in [0.2, 0.25) is 0 Å². The first-order valence-electron chi connectivity index (χ1n) is 10.6. The second kappa shape index (κ2) is 7.10. The lowest BCUT2D eigenvalue weighted by atomic mass is 9.86. The molecule has 0 unspecified atom stereocenters. The van der Waals surface area contributed by atoms with E-state index in [1.165, 1.54) is 22.3 Å². The van der Waals surface area contributed by atoms with Crippen LogP contribution in [0.1, 0.15) is 77.6 Å². The molecule has 29 heavy (non-hydrogen) atoms. The highest BCUT2D eigenvalue weighted by molar-refractivity contribution is 6.60. The van der Waals surface area contributed by atoms with Crippen LogP contribution in [-0.4, -0.2) is 41.6 Å². The summed E-state index contributed by atoms with van der Waals surface area (Å²) in [5.74, 6) is 0. The first kappa shape index (κ1) is 22.8. The van der Waals surface area contributed by atoms with E-state index < -0.39 is 36.9 Å². The Labute approximate surface area is 177 Å². The van der Waals surface area contributed by atoms with E-state index in [-0.39, 0.29) is 0 Å². The molecule has 0 amide bonds. The molecule has 160 valence electrons. The number of aryl methyl sites for hydroxylation is 3. The molecule has 0 radical (unpaired) electrons. The Hall–Kier alpha value is -0.850. The fourth-order valence-electron chi connectivity index (χ4n) is 3.79. The molecule has 2 aliphatic rings. The summed E-state index contributed by atoms with van der Waals surface area (Å²) in [5, 5.41) is 0. The number of nitrogens with zero attached hydrogens (tertiary/aromatic N) is 1. The second-order valence-electron chi connectivity index (χ2n) is 10.7. The quantitative estimate of drug-likeness (QED) is 0.691. The number of hydrogen-bond acceptors (Lipinski definition) is 5. The summed E-state index contributed by atoms with van der Waals surface area (Å²) < 4.78 is 27.6. The molecule has 3 rings (SSSR count). The molecule has 2 fully saturated rings. The van der Waals surface area contributed by atoms with Crippen molar-refractivity contribution in [3.8, 4) is 0 Å². The Morgan fingerprint density at radius 3 is 1.28 bits per heavy atom. The maximum absolute atomic E-state index is 6.39. The van der Waals surface area contributed by atoms with Crippen LogP contribution in [0.3, 0.4) is 0 Å². The summed E-state index contributed by atoms with van der Waals surface area (Å²) in [4.78, 5) is 0. The Bertz CT molecular complexity index is 700. The topological polar surface area (TPSA) is 40.2 Å². The van der Waals surface area contributed by atoms with Crippen molar-refractivity contribution in [1.29, 1.82) is 0 Å². The minimum atomic E-state index is -0.560. The maximum atomic E-state index is 6.39. The van der Waals surface area contributed by atoms with Crippen LogP contribution in [0.25, 0.3) is 0 Å². The van der Waals surface area contributed by atoms with Crippen molar-refractivity contribution in [2.75, 3.05) is 0 Å². The summed E-state index contributed by atoms with van der Waals surface area (Å²) in [6.45, 7) is 23.6. The molecule has 1 aromatic carbocycles. The molecule has 2 aliphatic heterocycles. The van der Waals surface area contributed by atoms with Gasteiger partial charge in [-0.15, -0.1) is 0 Å². The molecule has 2 saturated heterocycles. The van der Waals surface area contributed by atoms with E-state index in [1.807, 2.05) is 0 Å². The molecule has 0 saturated carbocycles. The van der Waals surface area contributed by atoms with Gasteiger partial charge in [0.25, 0.3) is 0 Å². The van der Waals surface area contributed by atoms with Crippen molar-refractivity contribution < 1.29 is 18.6 Å². The van der Waals surface area contributed by atoms with Crippen LogP contribution >= 0.6 is 0 Å². The molecule has 7 heteroatoms. The molecule has 0 spiro atoms. The third-order valence-electron chi connectivity index (χ3n) is 7.20. The number of benzene rings is 1. The molecule has 1 aromatic rings. The van der Waals surface area contributed by atoms with E-state index in [9.17, 15) is 0 Å². The van der Waals surface area contributed by atoms with Crippen LogP contribution in [0.4, 0.5) is 0 Å². The van der Waals surface area contributed by atoms with Gasteiger partial charge < -0.3 is 18.6 Å². The predicted molar refractivity (Wildman–Crippen MR) is 118 cm³/mol.